The molecule has 2 heterocycles. The fourth-order valence-corrected chi connectivity index (χ4v) is 1.60. The van der Waals surface area contributed by atoms with Crippen molar-refractivity contribution in [3.05, 3.63) is 27.0 Å². The van der Waals surface area contributed by atoms with Gasteiger partial charge in [0.25, 0.3) is 5.56 Å². The molecule has 0 radical (unpaired) electrons. The van der Waals surface area contributed by atoms with Crippen LogP contribution in [0.2, 0.25) is 0 Å². The van der Waals surface area contributed by atoms with Crippen molar-refractivity contribution in [1.82, 2.24) is 14.8 Å². The van der Waals surface area contributed by atoms with Gasteiger partial charge in [0.2, 0.25) is 0 Å². The van der Waals surface area contributed by atoms with Crippen molar-refractivity contribution in [3.8, 4) is 0 Å². The first-order valence-corrected chi connectivity index (χ1v) is 4.74. The van der Waals surface area contributed by atoms with E-state index in [1.165, 1.54) is 0 Å². The lowest BCUT2D eigenvalue weighted by atomic mass is 10.2. The summed E-state index contributed by atoms with van der Waals surface area (Å²) in [4.78, 5) is 24.2. The van der Waals surface area contributed by atoms with Crippen molar-refractivity contribution in [2.75, 3.05) is 6.61 Å². The van der Waals surface area contributed by atoms with Gasteiger partial charge in [-0.25, -0.2) is 4.79 Å². The standard InChI is InChI=1S/C8H11N3O5/c12-3-5-4(13)1-7(16-5)11-8(15)10-6(14)2-9-11/h2,4-5,7,12-13H,1,3H2,(H,10,14,15)/t4-,5-,7-/m1/s1. The Morgan fingerprint density at radius 3 is 2.94 bits per heavy atom. The number of hydrogen-bond acceptors (Lipinski definition) is 6. The molecule has 0 aromatic carbocycles. The first-order valence-electron chi connectivity index (χ1n) is 4.74. The van der Waals surface area contributed by atoms with Crippen LogP contribution in [0.5, 0.6) is 0 Å². The Morgan fingerprint density at radius 1 is 1.62 bits per heavy atom. The Morgan fingerprint density at radius 2 is 2.38 bits per heavy atom. The largest absolute Gasteiger partial charge is 0.394 e. The van der Waals surface area contributed by atoms with E-state index in [4.69, 9.17) is 9.84 Å². The van der Waals surface area contributed by atoms with Crippen LogP contribution in [-0.4, -0.2) is 43.8 Å². The molecule has 2 rings (SSSR count). The first kappa shape index (κ1) is 11.0. The number of H-pyrrole nitrogens is 1. The second kappa shape index (κ2) is 4.16. The van der Waals surface area contributed by atoms with E-state index < -0.39 is 29.7 Å². The molecular formula is C8H11N3O5. The average Bonchev–Trinajstić information content (AvgIpc) is 2.59. The molecule has 1 fully saturated rings. The maximum Gasteiger partial charge on any atom is 0.347 e. The SMILES string of the molecule is O=c1cnn([C@H]2C[C@@H](O)[C@@H](CO)O2)c(=O)[nH]1. The van der Waals surface area contributed by atoms with Crippen LogP contribution < -0.4 is 11.2 Å². The van der Waals surface area contributed by atoms with E-state index in [0.717, 1.165) is 10.9 Å². The zero-order chi connectivity index (χ0) is 11.7. The number of aromatic nitrogens is 3. The van der Waals surface area contributed by atoms with Crippen LogP contribution in [0.25, 0.3) is 0 Å². The van der Waals surface area contributed by atoms with Crippen LogP contribution in [0, 0.1) is 0 Å². The summed E-state index contributed by atoms with van der Waals surface area (Å²) in [5.41, 5.74) is -1.30. The molecule has 0 unspecified atom stereocenters. The van der Waals surface area contributed by atoms with Gasteiger partial charge in [0, 0.05) is 6.42 Å². The number of nitrogens with one attached hydrogen (secondary N) is 1. The molecule has 0 amide bonds. The van der Waals surface area contributed by atoms with Gasteiger partial charge < -0.3 is 14.9 Å². The number of ether oxygens (including phenoxy) is 1. The summed E-state index contributed by atoms with van der Waals surface area (Å²) in [6.07, 6.45) is -1.26. The van der Waals surface area contributed by atoms with Crippen molar-refractivity contribution < 1.29 is 14.9 Å². The van der Waals surface area contributed by atoms with Gasteiger partial charge in [-0.2, -0.15) is 9.78 Å². The molecule has 0 aliphatic carbocycles. The number of aromatic amines is 1. The van der Waals surface area contributed by atoms with Crippen LogP contribution in [0.1, 0.15) is 12.6 Å². The maximum absolute atomic E-state index is 11.3. The van der Waals surface area contributed by atoms with E-state index in [2.05, 4.69) is 5.10 Å². The summed E-state index contributed by atoms with van der Waals surface area (Å²) in [5.74, 6) is 0. The zero-order valence-electron chi connectivity index (χ0n) is 8.24. The molecule has 1 aromatic heterocycles. The van der Waals surface area contributed by atoms with E-state index in [1.807, 2.05) is 4.98 Å². The van der Waals surface area contributed by atoms with Crippen LogP contribution in [-0.2, 0) is 4.74 Å². The fourth-order valence-electron chi connectivity index (χ4n) is 1.60. The topological polar surface area (TPSA) is 117 Å². The van der Waals surface area contributed by atoms with Gasteiger partial charge in [-0.05, 0) is 0 Å². The quantitative estimate of drug-likeness (QED) is 0.519. The predicted molar refractivity (Wildman–Crippen MR) is 50.7 cm³/mol. The van der Waals surface area contributed by atoms with Crippen LogP contribution in [0.3, 0.4) is 0 Å². The maximum atomic E-state index is 11.3. The summed E-state index contributed by atoms with van der Waals surface area (Å²) in [6.45, 7) is -0.338. The second-order valence-electron chi connectivity index (χ2n) is 3.50. The highest BCUT2D eigenvalue weighted by atomic mass is 16.5. The van der Waals surface area contributed by atoms with Gasteiger partial charge in [0.15, 0.2) is 6.23 Å². The Bertz CT molecular complexity index is 481. The summed E-state index contributed by atoms with van der Waals surface area (Å²) < 4.78 is 6.14. The second-order valence-corrected chi connectivity index (χ2v) is 3.50. The number of nitrogens with zero attached hydrogens (tertiary/aromatic N) is 2. The summed E-state index contributed by atoms with van der Waals surface area (Å²) in [6, 6.07) is 0. The summed E-state index contributed by atoms with van der Waals surface area (Å²) >= 11 is 0. The Labute approximate surface area is 89.1 Å². The molecule has 8 nitrogen and oxygen atoms in total. The highest BCUT2D eigenvalue weighted by Crippen LogP contribution is 2.26. The van der Waals surface area contributed by atoms with Crippen molar-refractivity contribution in [1.29, 1.82) is 0 Å². The highest BCUT2D eigenvalue weighted by Gasteiger charge is 2.35. The van der Waals surface area contributed by atoms with Gasteiger partial charge >= 0.3 is 5.69 Å². The number of rotatable bonds is 2. The van der Waals surface area contributed by atoms with E-state index in [1.54, 1.807) is 0 Å². The molecule has 1 aliphatic rings. The van der Waals surface area contributed by atoms with Gasteiger partial charge in [0.1, 0.15) is 12.3 Å². The molecule has 3 N–H and O–H groups in total. The van der Waals surface area contributed by atoms with Crippen molar-refractivity contribution in [3.63, 3.8) is 0 Å². The molecule has 1 aliphatic heterocycles. The lowest BCUT2D eigenvalue weighted by molar-refractivity contribution is -0.0506. The number of hydrogen-bond donors (Lipinski definition) is 3. The Hall–Kier alpha value is -1.51. The normalized spacial score (nSPS) is 29.5. The number of aliphatic hydroxyl groups excluding tert-OH is 2. The fraction of sp³-hybridized carbons (Fsp3) is 0.625. The van der Waals surface area contributed by atoms with Crippen LogP contribution >= 0.6 is 0 Å². The lowest BCUT2D eigenvalue weighted by Crippen LogP contribution is -2.34. The zero-order valence-corrected chi connectivity index (χ0v) is 8.24. The molecule has 8 heteroatoms. The third kappa shape index (κ3) is 1.90. The smallest absolute Gasteiger partial charge is 0.347 e. The Kier molecular flexibility index (Phi) is 2.86. The molecule has 16 heavy (non-hydrogen) atoms. The molecule has 0 bridgehead atoms. The molecule has 0 saturated carbocycles. The monoisotopic (exact) mass is 229 g/mol. The van der Waals surface area contributed by atoms with E-state index in [0.29, 0.717) is 0 Å². The molecular weight excluding hydrogens is 218 g/mol. The van der Waals surface area contributed by atoms with Crippen LogP contribution in [0.4, 0.5) is 0 Å². The van der Waals surface area contributed by atoms with E-state index >= 15 is 0 Å². The molecule has 1 aromatic rings. The van der Waals surface area contributed by atoms with Gasteiger partial charge in [-0.15, -0.1) is 0 Å². The minimum Gasteiger partial charge on any atom is -0.394 e. The van der Waals surface area contributed by atoms with E-state index in [-0.39, 0.29) is 13.0 Å². The first-order chi connectivity index (χ1) is 7.61. The average molecular weight is 229 g/mol. The third-order valence-corrected chi connectivity index (χ3v) is 2.39. The van der Waals surface area contributed by atoms with Gasteiger partial charge in [-0.3, -0.25) is 9.78 Å². The molecule has 0 spiro atoms. The third-order valence-electron chi connectivity index (χ3n) is 2.39. The predicted octanol–water partition coefficient (Wildman–Crippen LogP) is -2.43. The van der Waals surface area contributed by atoms with E-state index in [9.17, 15) is 14.7 Å². The van der Waals surface area contributed by atoms with Gasteiger partial charge in [0.05, 0.1) is 12.7 Å². The molecule has 88 valence electrons. The van der Waals surface area contributed by atoms with Crippen molar-refractivity contribution in [2.45, 2.75) is 24.9 Å². The Balaban J connectivity index is 2.27. The van der Waals surface area contributed by atoms with Gasteiger partial charge in [-0.1, -0.05) is 0 Å². The molecule has 3 atom stereocenters. The minimum absolute atomic E-state index is 0.143. The summed E-state index contributed by atoms with van der Waals surface area (Å²) in [7, 11) is 0. The van der Waals surface area contributed by atoms with Crippen LogP contribution in [0.15, 0.2) is 15.8 Å². The van der Waals surface area contributed by atoms with Crippen molar-refractivity contribution >= 4 is 0 Å². The van der Waals surface area contributed by atoms with Crippen molar-refractivity contribution in [2.24, 2.45) is 0 Å². The minimum atomic E-state index is -0.851. The lowest BCUT2D eigenvalue weighted by Gasteiger charge is -2.12. The number of aliphatic hydroxyl groups is 2. The molecule has 1 saturated heterocycles. The highest BCUT2D eigenvalue weighted by molar-refractivity contribution is 4.81. The summed E-state index contributed by atoms with van der Waals surface area (Å²) in [5, 5.41) is 21.9.